The molecule has 0 aliphatic carbocycles. The molecule has 0 saturated heterocycles. The maximum absolute atomic E-state index is 4.71. The first-order valence-corrected chi connectivity index (χ1v) is 20.7. The Labute approximate surface area is 341 Å². The highest BCUT2D eigenvalue weighted by Gasteiger charge is 2.22. The van der Waals surface area contributed by atoms with E-state index in [0.717, 1.165) is 22.0 Å². The minimum Gasteiger partial charge on any atom is -0.256 e. The fourth-order valence-corrected chi connectivity index (χ4v) is 10.6. The van der Waals surface area contributed by atoms with Gasteiger partial charge in [-0.05, 0) is 114 Å². The molecule has 2 aromatic heterocycles. The molecule has 11 rings (SSSR count). The number of allylic oxidation sites excluding steroid dienone is 1. The lowest BCUT2D eigenvalue weighted by molar-refractivity contribution is 1.41. The van der Waals surface area contributed by atoms with Gasteiger partial charge in [0.2, 0.25) is 0 Å². The van der Waals surface area contributed by atoms with Gasteiger partial charge < -0.3 is 0 Å². The standard InChI is InChI=1S/C56H37NS/c1-3-16-40-39(4-2)53(38-29-28-35-19-15-32-57-50(35)34-38)45-24-12-13-25-46(45)55(40)48-27-14-26-47-49-33-37(30-31-51(49)58-56(47)48)54-43-22-10-8-20-41(43)52(36-17-6-5-7-18-36)42-21-9-11-23-44(42)54/h3-34H,2H2,1H3/b16-3-. The van der Waals surface area contributed by atoms with E-state index < -0.39 is 0 Å². The summed E-state index contributed by atoms with van der Waals surface area (Å²) in [6.07, 6.45) is 8.33. The number of benzene rings is 9. The molecule has 0 aliphatic rings. The molecular formula is C56H37NS. The van der Waals surface area contributed by atoms with Crippen LogP contribution in [0.2, 0.25) is 0 Å². The Morgan fingerprint density at radius 1 is 0.466 bits per heavy atom. The topological polar surface area (TPSA) is 12.9 Å². The van der Waals surface area contributed by atoms with Gasteiger partial charge in [0.1, 0.15) is 0 Å². The number of nitrogens with zero attached hydrogens (tertiary/aromatic N) is 1. The summed E-state index contributed by atoms with van der Waals surface area (Å²) in [7, 11) is 0. The number of hydrogen-bond acceptors (Lipinski definition) is 2. The minimum atomic E-state index is 0.985. The van der Waals surface area contributed by atoms with Crippen LogP contribution in [0.3, 0.4) is 0 Å². The molecule has 58 heavy (non-hydrogen) atoms. The molecule has 0 bridgehead atoms. The normalized spacial score (nSPS) is 11.9. The first-order chi connectivity index (χ1) is 28.7. The van der Waals surface area contributed by atoms with Crippen molar-refractivity contribution in [2.45, 2.75) is 6.92 Å². The first kappa shape index (κ1) is 34.1. The third kappa shape index (κ3) is 5.26. The SMILES string of the molecule is C=Cc1c(/C=C\C)c(-c2cccc3c2sc2ccc(-c4c5ccccc5c(-c5ccccc5)c5ccccc45)cc23)c2ccccc2c1-c1ccc2cccnc2c1. The van der Waals surface area contributed by atoms with Crippen LogP contribution < -0.4 is 0 Å². The lowest BCUT2D eigenvalue weighted by Crippen LogP contribution is -1.96. The zero-order chi connectivity index (χ0) is 38.7. The van der Waals surface area contributed by atoms with Crippen LogP contribution in [0.25, 0.3) is 120 Å². The second-order valence-electron chi connectivity index (χ2n) is 14.9. The summed E-state index contributed by atoms with van der Waals surface area (Å²) in [5, 5.41) is 11.2. The molecule has 0 atom stereocenters. The van der Waals surface area contributed by atoms with Crippen molar-refractivity contribution in [1.82, 2.24) is 4.98 Å². The largest absolute Gasteiger partial charge is 0.256 e. The average molecular weight is 756 g/mol. The fraction of sp³-hybridized carbons (Fsp3) is 0.0179. The highest BCUT2D eigenvalue weighted by Crippen LogP contribution is 2.49. The fourth-order valence-electron chi connectivity index (χ4n) is 9.36. The van der Waals surface area contributed by atoms with E-state index in [9.17, 15) is 0 Å². The molecule has 0 saturated carbocycles. The summed E-state index contributed by atoms with van der Waals surface area (Å²) >= 11 is 1.89. The molecule has 0 spiro atoms. The number of fused-ring (bicyclic) bond motifs is 7. The van der Waals surface area contributed by atoms with Crippen LogP contribution in [0.5, 0.6) is 0 Å². The maximum atomic E-state index is 4.71. The monoisotopic (exact) mass is 755 g/mol. The van der Waals surface area contributed by atoms with E-state index in [1.165, 1.54) is 97.0 Å². The predicted octanol–water partition coefficient (Wildman–Crippen LogP) is 16.4. The van der Waals surface area contributed by atoms with Gasteiger partial charge in [-0.1, -0.05) is 170 Å². The van der Waals surface area contributed by atoms with Gasteiger partial charge in [-0.3, -0.25) is 4.98 Å². The summed E-state index contributed by atoms with van der Waals surface area (Å²) in [6, 6.07) is 62.2. The van der Waals surface area contributed by atoms with Gasteiger partial charge in [0.05, 0.1) is 5.52 Å². The Balaban J connectivity index is 1.16. The molecule has 0 fully saturated rings. The molecule has 11 aromatic rings. The Morgan fingerprint density at radius 2 is 1.05 bits per heavy atom. The van der Waals surface area contributed by atoms with Gasteiger partial charge >= 0.3 is 0 Å². The molecule has 0 unspecified atom stereocenters. The molecule has 1 nitrogen and oxygen atoms in total. The summed E-state index contributed by atoms with van der Waals surface area (Å²) in [6.45, 7) is 6.52. The zero-order valence-electron chi connectivity index (χ0n) is 32.0. The van der Waals surface area contributed by atoms with E-state index in [-0.39, 0.29) is 0 Å². The molecule has 9 aromatic carbocycles. The zero-order valence-corrected chi connectivity index (χ0v) is 32.9. The van der Waals surface area contributed by atoms with Crippen LogP contribution in [-0.4, -0.2) is 4.98 Å². The average Bonchev–Trinajstić information content (AvgIpc) is 3.66. The smallest absolute Gasteiger partial charge is 0.0708 e. The summed E-state index contributed by atoms with van der Waals surface area (Å²) in [4.78, 5) is 4.71. The lowest BCUT2D eigenvalue weighted by atomic mass is 9.83. The highest BCUT2D eigenvalue weighted by atomic mass is 32.1. The highest BCUT2D eigenvalue weighted by molar-refractivity contribution is 7.26. The van der Waals surface area contributed by atoms with Gasteiger partial charge in [-0.25, -0.2) is 0 Å². The Hall–Kier alpha value is -7.13. The minimum absolute atomic E-state index is 0.985. The van der Waals surface area contributed by atoms with Crippen LogP contribution in [0, 0.1) is 0 Å². The van der Waals surface area contributed by atoms with Crippen molar-refractivity contribution in [3.8, 4) is 44.5 Å². The second-order valence-corrected chi connectivity index (χ2v) is 16.0. The van der Waals surface area contributed by atoms with E-state index in [1.54, 1.807) is 0 Å². The summed E-state index contributed by atoms with van der Waals surface area (Å²) < 4.78 is 2.57. The van der Waals surface area contributed by atoms with E-state index in [4.69, 9.17) is 4.98 Å². The van der Waals surface area contributed by atoms with Gasteiger partial charge in [0, 0.05) is 37.3 Å². The van der Waals surface area contributed by atoms with Gasteiger partial charge in [0.25, 0.3) is 0 Å². The Morgan fingerprint density at radius 3 is 1.72 bits per heavy atom. The number of aromatic nitrogens is 1. The van der Waals surface area contributed by atoms with Crippen molar-refractivity contribution in [2.75, 3.05) is 0 Å². The molecule has 2 heteroatoms. The third-order valence-electron chi connectivity index (χ3n) is 11.8. The number of hydrogen-bond donors (Lipinski definition) is 0. The van der Waals surface area contributed by atoms with Gasteiger partial charge in [0.15, 0.2) is 0 Å². The first-order valence-electron chi connectivity index (χ1n) is 19.9. The quantitative estimate of drug-likeness (QED) is 0.154. The van der Waals surface area contributed by atoms with Crippen LogP contribution in [0.1, 0.15) is 18.1 Å². The second kappa shape index (κ2) is 13.8. The number of pyridine rings is 1. The van der Waals surface area contributed by atoms with Crippen molar-refractivity contribution < 1.29 is 0 Å². The molecule has 272 valence electrons. The van der Waals surface area contributed by atoms with E-state index >= 15 is 0 Å². The van der Waals surface area contributed by atoms with Crippen molar-refractivity contribution in [2.24, 2.45) is 0 Å². The van der Waals surface area contributed by atoms with Crippen LogP contribution >= 0.6 is 11.3 Å². The summed E-state index contributed by atoms with van der Waals surface area (Å²) in [5.41, 5.74) is 13.1. The number of rotatable bonds is 6. The van der Waals surface area contributed by atoms with Gasteiger partial charge in [-0.15, -0.1) is 11.3 Å². The Bertz CT molecular complexity index is 3420. The van der Waals surface area contributed by atoms with Crippen LogP contribution in [0.15, 0.2) is 189 Å². The van der Waals surface area contributed by atoms with Crippen molar-refractivity contribution >= 4 is 86.9 Å². The number of thiophene rings is 1. The van der Waals surface area contributed by atoms with Crippen molar-refractivity contribution in [3.05, 3.63) is 200 Å². The van der Waals surface area contributed by atoms with E-state index in [0.29, 0.717) is 0 Å². The molecule has 0 amide bonds. The molecule has 0 aliphatic heterocycles. The van der Waals surface area contributed by atoms with Crippen molar-refractivity contribution in [1.29, 1.82) is 0 Å². The van der Waals surface area contributed by atoms with E-state index in [1.807, 2.05) is 29.7 Å². The summed E-state index contributed by atoms with van der Waals surface area (Å²) in [5.74, 6) is 0. The van der Waals surface area contributed by atoms with Crippen LogP contribution in [0.4, 0.5) is 0 Å². The Kier molecular flexibility index (Phi) is 8.13. The molecule has 2 heterocycles. The molecule has 0 radical (unpaired) electrons. The molecule has 0 N–H and O–H groups in total. The van der Waals surface area contributed by atoms with Crippen molar-refractivity contribution in [3.63, 3.8) is 0 Å². The van der Waals surface area contributed by atoms with Crippen LogP contribution in [-0.2, 0) is 0 Å². The predicted molar refractivity (Wildman–Crippen MR) is 254 cm³/mol. The van der Waals surface area contributed by atoms with Gasteiger partial charge in [-0.2, -0.15) is 0 Å². The maximum Gasteiger partial charge on any atom is 0.0708 e. The third-order valence-corrected chi connectivity index (χ3v) is 13.0. The molecular weight excluding hydrogens is 719 g/mol. The van der Waals surface area contributed by atoms with E-state index in [2.05, 4.69) is 189 Å². The lowest BCUT2D eigenvalue weighted by Gasteiger charge is -2.21.